The highest BCUT2D eigenvalue weighted by Crippen LogP contribution is 2.17. The van der Waals surface area contributed by atoms with Crippen molar-refractivity contribution in [3.05, 3.63) is 65.7 Å². The summed E-state index contributed by atoms with van der Waals surface area (Å²) in [7, 11) is 0. The number of hydrogen-bond acceptors (Lipinski definition) is 4. The fourth-order valence-corrected chi connectivity index (χ4v) is 2.40. The van der Waals surface area contributed by atoms with E-state index in [9.17, 15) is 15.0 Å². The molecule has 2 aromatic rings. The Kier molecular flexibility index (Phi) is 5.25. The zero-order valence-electron chi connectivity index (χ0n) is 11.4. The van der Waals surface area contributed by atoms with Crippen molar-refractivity contribution in [1.82, 2.24) is 4.31 Å². The van der Waals surface area contributed by atoms with Crippen LogP contribution in [0.25, 0.3) is 0 Å². The maximum Gasteiger partial charge on any atom is 0.322 e. The third-order valence-corrected chi connectivity index (χ3v) is 3.62. The monoisotopic (exact) mass is 303 g/mol. The zero-order valence-corrected chi connectivity index (χ0v) is 12.3. The topological polar surface area (TPSA) is 60.8 Å². The van der Waals surface area contributed by atoms with Gasteiger partial charge in [-0.1, -0.05) is 55.3 Å². The van der Waals surface area contributed by atoms with Gasteiger partial charge in [-0.2, -0.15) is 0 Å². The number of rotatable bonds is 6. The van der Waals surface area contributed by atoms with Crippen LogP contribution in [0.5, 0.6) is 5.75 Å². The van der Waals surface area contributed by atoms with Crippen molar-refractivity contribution in [2.24, 2.45) is 0 Å². The first-order valence-corrected chi connectivity index (χ1v) is 6.96. The normalized spacial score (nSPS) is 12.3. The molecule has 2 aromatic carbocycles. The molecule has 1 unspecified atom stereocenters. The number of carbonyl (C=O) groups is 1. The first kappa shape index (κ1) is 15.4. The Balaban J connectivity index is 2.07. The number of carboxylic acid groups (broad SMARTS) is 1. The molecule has 1 atom stereocenters. The predicted octanol–water partition coefficient (Wildman–Crippen LogP) is 2.73. The molecule has 0 saturated carbocycles. The number of phenols is 1. The van der Waals surface area contributed by atoms with E-state index in [1.807, 2.05) is 30.3 Å². The standard InChI is InChI=1S/C16H17NO3S/c18-14-8-6-12(7-9-14)10-15(16(19)20)17(21)11-13-4-2-1-3-5-13/h1-9,15,18,21H,10-11H2,(H,19,20). The number of aliphatic carboxylic acids is 1. The van der Waals surface area contributed by atoms with E-state index in [0.717, 1.165) is 11.1 Å². The molecular weight excluding hydrogens is 286 g/mol. The Hall–Kier alpha value is -1.98. The van der Waals surface area contributed by atoms with E-state index in [4.69, 9.17) is 0 Å². The summed E-state index contributed by atoms with van der Waals surface area (Å²) in [5, 5.41) is 18.7. The average molecular weight is 303 g/mol. The van der Waals surface area contributed by atoms with E-state index in [1.54, 1.807) is 24.3 Å². The molecular formula is C16H17NO3S. The van der Waals surface area contributed by atoms with Gasteiger partial charge in [0.2, 0.25) is 0 Å². The van der Waals surface area contributed by atoms with Crippen LogP contribution in [0.15, 0.2) is 54.6 Å². The molecule has 2 N–H and O–H groups in total. The summed E-state index contributed by atoms with van der Waals surface area (Å²) >= 11 is 4.33. The second-order valence-corrected chi connectivity index (χ2v) is 5.32. The Morgan fingerprint density at radius 2 is 1.67 bits per heavy atom. The number of aromatic hydroxyl groups is 1. The van der Waals surface area contributed by atoms with Crippen molar-refractivity contribution < 1.29 is 15.0 Å². The van der Waals surface area contributed by atoms with Crippen LogP contribution in [-0.2, 0) is 17.8 Å². The van der Waals surface area contributed by atoms with Crippen molar-refractivity contribution >= 4 is 18.8 Å². The largest absolute Gasteiger partial charge is 0.508 e. The highest BCUT2D eigenvalue weighted by atomic mass is 32.1. The minimum atomic E-state index is -0.922. The summed E-state index contributed by atoms with van der Waals surface area (Å²) in [5.41, 5.74) is 1.84. The van der Waals surface area contributed by atoms with Crippen molar-refractivity contribution in [3.63, 3.8) is 0 Å². The van der Waals surface area contributed by atoms with Gasteiger partial charge in [-0.25, -0.2) is 4.31 Å². The highest BCUT2D eigenvalue weighted by molar-refractivity contribution is 7.77. The minimum Gasteiger partial charge on any atom is -0.508 e. The number of phenolic OH excluding ortho intramolecular Hbond substituents is 1. The van der Waals surface area contributed by atoms with Gasteiger partial charge in [0.25, 0.3) is 0 Å². The average Bonchev–Trinajstić information content (AvgIpc) is 2.47. The van der Waals surface area contributed by atoms with Gasteiger partial charge in [0, 0.05) is 6.54 Å². The number of thiol groups is 1. The quantitative estimate of drug-likeness (QED) is 0.718. The molecule has 4 nitrogen and oxygen atoms in total. The van der Waals surface area contributed by atoms with Crippen LogP contribution in [0.2, 0.25) is 0 Å². The second kappa shape index (κ2) is 7.15. The van der Waals surface area contributed by atoms with Crippen LogP contribution in [0.4, 0.5) is 0 Å². The smallest absolute Gasteiger partial charge is 0.322 e. The fourth-order valence-electron chi connectivity index (χ4n) is 2.06. The Labute approximate surface area is 129 Å². The molecule has 0 aliphatic rings. The van der Waals surface area contributed by atoms with Gasteiger partial charge in [0.15, 0.2) is 0 Å². The minimum absolute atomic E-state index is 0.164. The molecule has 0 aromatic heterocycles. The SMILES string of the molecule is O=C(O)C(Cc1ccc(O)cc1)N(S)Cc1ccccc1. The molecule has 0 spiro atoms. The van der Waals surface area contributed by atoms with Crippen LogP contribution in [0.1, 0.15) is 11.1 Å². The molecule has 110 valence electrons. The molecule has 0 aliphatic carbocycles. The van der Waals surface area contributed by atoms with Crippen LogP contribution in [0.3, 0.4) is 0 Å². The lowest BCUT2D eigenvalue weighted by atomic mass is 10.1. The first-order valence-electron chi connectivity index (χ1n) is 6.56. The summed E-state index contributed by atoms with van der Waals surface area (Å²) in [4.78, 5) is 11.5. The van der Waals surface area contributed by atoms with E-state index >= 15 is 0 Å². The Morgan fingerprint density at radius 1 is 1.05 bits per heavy atom. The van der Waals surface area contributed by atoms with Crippen molar-refractivity contribution in [3.8, 4) is 5.75 Å². The number of nitrogens with zero attached hydrogens (tertiary/aromatic N) is 1. The zero-order chi connectivity index (χ0) is 15.2. The number of benzene rings is 2. The van der Waals surface area contributed by atoms with Crippen molar-refractivity contribution in [1.29, 1.82) is 0 Å². The van der Waals surface area contributed by atoms with Gasteiger partial charge in [0.05, 0.1) is 0 Å². The Morgan fingerprint density at radius 3 is 2.24 bits per heavy atom. The van der Waals surface area contributed by atoms with Crippen LogP contribution in [0, 0.1) is 0 Å². The molecule has 0 heterocycles. The van der Waals surface area contributed by atoms with Gasteiger partial charge < -0.3 is 10.2 Å². The number of hydrogen-bond donors (Lipinski definition) is 3. The van der Waals surface area contributed by atoms with Crippen LogP contribution >= 0.6 is 12.8 Å². The lowest BCUT2D eigenvalue weighted by Crippen LogP contribution is -2.36. The van der Waals surface area contributed by atoms with Crippen molar-refractivity contribution in [2.45, 2.75) is 19.0 Å². The first-order chi connectivity index (χ1) is 10.1. The maximum atomic E-state index is 11.5. The molecule has 0 amide bonds. The van der Waals surface area contributed by atoms with Gasteiger partial charge in [-0.3, -0.25) is 4.79 Å². The van der Waals surface area contributed by atoms with Gasteiger partial charge >= 0.3 is 5.97 Å². The predicted molar refractivity (Wildman–Crippen MR) is 84.2 cm³/mol. The fraction of sp³-hybridized carbons (Fsp3) is 0.188. The molecule has 0 fully saturated rings. The van der Waals surface area contributed by atoms with Gasteiger partial charge in [0.1, 0.15) is 11.8 Å². The third-order valence-electron chi connectivity index (χ3n) is 3.20. The van der Waals surface area contributed by atoms with E-state index in [2.05, 4.69) is 12.8 Å². The van der Waals surface area contributed by atoms with Gasteiger partial charge in [-0.15, -0.1) is 0 Å². The molecule has 5 heteroatoms. The lowest BCUT2D eigenvalue weighted by Gasteiger charge is -2.23. The van der Waals surface area contributed by atoms with Crippen molar-refractivity contribution in [2.75, 3.05) is 0 Å². The van der Waals surface area contributed by atoms with E-state index in [0.29, 0.717) is 13.0 Å². The summed E-state index contributed by atoms with van der Waals surface area (Å²) in [5.74, 6) is -0.758. The summed E-state index contributed by atoms with van der Waals surface area (Å²) in [6.45, 7) is 0.443. The van der Waals surface area contributed by atoms with Gasteiger partial charge in [-0.05, 0) is 29.7 Å². The summed E-state index contributed by atoms with van der Waals surface area (Å²) < 4.78 is 1.52. The van der Waals surface area contributed by atoms with Crippen LogP contribution < -0.4 is 0 Å². The number of carboxylic acids is 1. The molecule has 0 bridgehead atoms. The Bertz CT molecular complexity index is 586. The molecule has 0 radical (unpaired) electrons. The molecule has 0 saturated heterocycles. The van der Waals surface area contributed by atoms with E-state index in [-0.39, 0.29) is 5.75 Å². The highest BCUT2D eigenvalue weighted by Gasteiger charge is 2.24. The summed E-state index contributed by atoms with van der Waals surface area (Å²) in [6.07, 6.45) is 0.325. The lowest BCUT2D eigenvalue weighted by molar-refractivity contribution is -0.141. The third kappa shape index (κ3) is 4.51. The maximum absolute atomic E-state index is 11.5. The summed E-state index contributed by atoms with van der Waals surface area (Å²) in [6, 6.07) is 15.4. The molecule has 0 aliphatic heterocycles. The van der Waals surface area contributed by atoms with E-state index < -0.39 is 12.0 Å². The molecule has 2 rings (SSSR count). The van der Waals surface area contributed by atoms with Crippen LogP contribution in [-0.4, -0.2) is 26.5 Å². The molecule has 21 heavy (non-hydrogen) atoms. The van der Waals surface area contributed by atoms with E-state index in [1.165, 1.54) is 4.31 Å². The second-order valence-electron chi connectivity index (χ2n) is 4.81.